The number of halogens is 1. The minimum absolute atomic E-state index is 0.00780. The molecule has 0 spiro atoms. The summed E-state index contributed by atoms with van der Waals surface area (Å²) in [4.78, 5) is 0.366. The van der Waals surface area contributed by atoms with Gasteiger partial charge in [-0.2, -0.15) is 0 Å². The molecule has 1 N–H and O–H groups in total. The van der Waals surface area contributed by atoms with Gasteiger partial charge in [-0.05, 0) is 30.2 Å². The van der Waals surface area contributed by atoms with Crippen LogP contribution in [0.4, 0.5) is 0 Å². The number of aliphatic hydroxyl groups excluding tert-OH is 1. The van der Waals surface area contributed by atoms with Crippen molar-refractivity contribution in [2.45, 2.75) is 17.2 Å². The Labute approximate surface area is 93.6 Å². The van der Waals surface area contributed by atoms with Crippen molar-refractivity contribution in [3.8, 4) is 0 Å². The molecule has 5 heteroatoms. The van der Waals surface area contributed by atoms with Gasteiger partial charge in [0.15, 0.2) is 9.84 Å². The predicted octanol–water partition coefficient (Wildman–Crippen LogP) is 1.59. The van der Waals surface area contributed by atoms with Gasteiger partial charge in [-0.25, -0.2) is 8.42 Å². The monoisotopic (exact) mass is 246 g/mol. The zero-order chi connectivity index (χ0) is 11.1. The van der Waals surface area contributed by atoms with E-state index in [2.05, 4.69) is 0 Å². The van der Waals surface area contributed by atoms with Crippen LogP contribution in [0.2, 0.25) is 5.02 Å². The van der Waals surface area contributed by atoms with E-state index < -0.39 is 9.84 Å². The van der Waals surface area contributed by atoms with Crippen molar-refractivity contribution in [2.75, 3.05) is 12.4 Å². The summed E-state index contributed by atoms with van der Waals surface area (Å²) in [6.07, 6.45) is 0.465. The van der Waals surface area contributed by atoms with E-state index in [1.807, 2.05) is 0 Å². The molecular weight excluding hydrogens is 236 g/mol. The molecule has 1 aromatic rings. The second kappa shape index (κ2) is 3.77. The third-order valence-corrected chi connectivity index (χ3v) is 4.76. The maximum Gasteiger partial charge on any atom is 0.179 e. The Morgan fingerprint density at radius 3 is 2.87 bits per heavy atom. The van der Waals surface area contributed by atoms with Gasteiger partial charge in [0.05, 0.1) is 10.6 Å². The van der Waals surface area contributed by atoms with Crippen LogP contribution in [0.1, 0.15) is 17.9 Å². The minimum atomic E-state index is -3.16. The van der Waals surface area contributed by atoms with Crippen molar-refractivity contribution < 1.29 is 13.5 Å². The molecule has 1 unspecified atom stereocenters. The van der Waals surface area contributed by atoms with Crippen molar-refractivity contribution in [3.05, 3.63) is 28.8 Å². The van der Waals surface area contributed by atoms with E-state index in [1.165, 1.54) is 0 Å². The number of benzene rings is 1. The number of aliphatic hydroxyl groups is 1. The molecule has 0 saturated carbocycles. The van der Waals surface area contributed by atoms with E-state index in [4.69, 9.17) is 16.7 Å². The standard InChI is InChI=1S/C10H11ClO3S/c11-8-1-2-10-9(5-8)7(3-4-12)6-15(10,13)14/h1-2,5,7,12H,3-4,6H2. The molecule has 0 aliphatic carbocycles. The van der Waals surface area contributed by atoms with E-state index >= 15 is 0 Å². The number of hydrogen-bond acceptors (Lipinski definition) is 3. The molecule has 0 aromatic heterocycles. The number of sulfone groups is 1. The molecule has 1 aliphatic rings. The van der Waals surface area contributed by atoms with Gasteiger partial charge >= 0.3 is 0 Å². The number of fused-ring (bicyclic) bond motifs is 1. The van der Waals surface area contributed by atoms with Crippen LogP contribution in [0.25, 0.3) is 0 Å². The molecule has 1 aromatic carbocycles. The maximum absolute atomic E-state index is 11.7. The Hall–Kier alpha value is -0.580. The fraction of sp³-hybridized carbons (Fsp3) is 0.400. The number of hydrogen-bond donors (Lipinski definition) is 1. The van der Waals surface area contributed by atoms with Gasteiger partial charge in [0.1, 0.15) is 0 Å². The zero-order valence-electron chi connectivity index (χ0n) is 7.98. The van der Waals surface area contributed by atoms with Gasteiger partial charge in [0.2, 0.25) is 0 Å². The molecule has 0 bridgehead atoms. The molecule has 0 saturated heterocycles. The molecule has 1 atom stereocenters. The summed E-state index contributed by atoms with van der Waals surface area (Å²) in [5.41, 5.74) is 0.747. The van der Waals surface area contributed by atoms with Crippen LogP contribution in [0, 0.1) is 0 Å². The lowest BCUT2D eigenvalue weighted by Gasteiger charge is -2.07. The van der Waals surface area contributed by atoms with Crippen LogP contribution >= 0.6 is 11.6 Å². The Kier molecular flexibility index (Phi) is 2.75. The highest BCUT2D eigenvalue weighted by atomic mass is 35.5. The summed E-state index contributed by atoms with van der Waals surface area (Å²) in [5, 5.41) is 9.40. The van der Waals surface area contributed by atoms with Crippen molar-refractivity contribution in [1.29, 1.82) is 0 Å². The molecule has 2 rings (SSSR count). The first-order valence-corrected chi connectivity index (χ1v) is 6.70. The van der Waals surface area contributed by atoms with Crippen LogP contribution < -0.4 is 0 Å². The van der Waals surface area contributed by atoms with Gasteiger partial charge in [-0.15, -0.1) is 0 Å². The minimum Gasteiger partial charge on any atom is -0.396 e. The van der Waals surface area contributed by atoms with Gasteiger partial charge in [0, 0.05) is 17.5 Å². The summed E-state index contributed by atoms with van der Waals surface area (Å²) < 4.78 is 23.4. The fourth-order valence-electron chi connectivity index (χ4n) is 1.96. The zero-order valence-corrected chi connectivity index (χ0v) is 9.55. The molecule has 15 heavy (non-hydrogen) atoms. The van der Waals surface area contributed by atoms with E-state index in [0.717, 1.165) is 5.56 Å². The highest BCUT2D eigenvalue weighted by Crippen LogP contribution is 2.38. The summed E-state index contributed by atoms with van der Waals surface area (Å²) >= 11 is 5.82. The van der Waals surface area contributed by atoms with Gasteiger partial charge in [0.25, 0.3) is 0 Å². The van der Waals surface area contributed by atoms with Crippen molar-refractivity contribution in [3.63, 3.8) is 0 Å². The molecule has 3 nitrogen and oxygen atoms in total. The van der Waals surface area contributed by atoms with E-state index in [-0.39, 0.29) is 18.3 Å². The van der Waals surface area contributed by atoms with Crippen molar-refractivity contribution >= 4 is 21.4 Å². The van der Waals surface area contributed by atoms with Crippen LogP contribution in [0.15, 0.2) is 23.1 Å². The van der Waals surface area contributed by atoms with E-state index in [0.29, 0.717) is 16.3 Å². The summed E-state index contributed by atoms with van der Waals surface area (Å²) in [6, 6.07) is 4.81. The van der Waals surface area contributed by atoms with Gasteiger partial charge in [-0.1, -0.05) is 11.6 Å². The molecule has 0 radical (unpaired) electrons. The highest BCUT2D eigenvalue weighted by Gasteiger charge is 2.34. The molecule has 1 aliphatic heterocycles. The normalized spacial score (nSPS) is 22.7. The smallest absolute Gasteiger partial charge is 0.179 e. The van der Waals surface area contributed by atoms with E-state index in [9.17, 15) is 8.42 Å². The van der Waals surface area contributed by atoms with Crippen LogP contribution in [-0.4, -0.2) is 25.9 Å². The Morgan fingerprint density at radius 2 is 2.20 bits per heavy atom. The lowest BCUT2D eigenvalue weighted by Crippen LogP contribution is -2.05. The van der Waals surface area contributed by atoms with Gasteiger partial charge < -0.3 is 5.11 Å². The highest BCUT2D eigenvalue weighted by molar-refractivity contribution is 7.91. The van der Waals surface area contributed by atoms with Crippen molar-refractivity contribution in [2.24, 2.45) is 0 Å². The first kappa shape index (κ1) is 10.9. The SMILES string of the molecule is O=S1(=O)CC(CCO)c2cc(Cl)ccc21. The average Bonchev–Trinajstić information content (AvgIpc) is 2.39. The lowest BCUT2D eigenvalue weighted by atomic mass is 9.98. The third kappa shape index (κ3) is 1.89. The molecule has 0 fully saturated rings. The maximum atomic E-state index is 11.7. The van der Waals surface area contributed by atoms with E-state index in [1.54, 1.807) is 18.2 Å². The largest absolute Gasteiger partial charge is 0.396 e. The average molecular weight is 247 g/mol. The fourth-order valence-corrected chi connectivity index (χ4v) is 4.06. The molecular formula is C10H11ClO3S. The quantitative estimate of drug-likeness (QED) is 0.862. The van der Waals surface area contributed by atoms with Crippen molar-refractivity contribution in [1.82, 2.24) is 0 Å². The first-order chi connectivity index (χ1) is 7.04. The predicted molar refractivity (Wildman–Crippen MR) is 57.9 cm³/mol. The lowest BCUT2D eigenvalue weighted by molar-refractivity contribution is 0.279. The second-order valence-electron chi connectivity index (χ2n) is 3.67. The van der Waals surface area contributed by atoms with Crippen LogP contribution in [0.3, 0.4) is 0 Å². The molecule has 82 valence electrons. The number of rotatable bonds is 2. The Morgan fingerprint density at radius 1 is 1.47 bits per heavy atom. The van der Waals surface area contributed by atoms with Gasteiger partial charge in [-0.3, -0.25) is 0 Å². The Bertz CT molecular complexity index is 481. The second-order valence-corrected chi connectivity index (χ2v) is 6.11. The van der Waals surface area contributed by atoms with Crippen LogP contribution in [-0.2, 0) is 9.84 Å². The summed E-state index contributed by atoms with van der Waals surface area (Å²) in [6.45, 7) is -0.00780. The first-order valence-electron chi connectivity index (χ1n) is 4.67. The molecule has 1 heterocycles. The Balaban J connectivity index is 2.53. The summed E-state index contributed by atoms with van der Waals surface area (Å²) in [5.74, 6) is -0.0304. The third-order valence-electron chi connectivity index (χ3n) is 2.64. The molecule has 0 amide bonds. The summed E-state index contributed by atoms with van der Waals surface area (Å²) in [7, 11) is -3.16. The topological polar surface area (TPSA) is 54.4 Å². The van der Waals surface area contributed by atoms with Crippen LogP contribution in [0.5, 0.6) is 0 Å².